The molecule has 0 aliphatic carbocycles. The van der Waals surface area contributed by atoms with Gasteiger partial charge in [0.05, 0.1) is 6.21 Å². The van der Waals surface area contributed by atoms with Crippen molar-refractivity contribution >= 4 is 23.0 Å². The second kappa shape index (κ2) is 5.05. The Balaban J connectivity index is 1.81. The Kier molecular flexibility index (Phi) is 3.09. The smallest absolute Gasteiger partial charge is 0.287 e. The summed E-state index contributed by atoms with van der Waals surface area (Å²) in [4.78, 5) is 17.8. The number of aryl methyl sites for hydroxylation is 1. The molecule has 3 rings (SSSR count). The van der Waals surface area contributed by atoms with E-state index in [2.05, 4.69) is 20.5 Å². The molecular formula is C15H14N4O. The van der Waals surface area contributed by atoms with Crippen LogP contribution in [0.4, 0.5) is 0 Å². The third-order valence-corrected chi connectivity index (χ3v) is 3.15. The molecule has 0 spiro atoms. The van der Waals surface area contributed by atoms with Gasteiger partial charge in [0, 0.05) is 28.4 Å². The van der Waals surface area contributed by atoms with Crippen LogP contribution in [-0.2, 0) is 0 Å². The summed E-state index contributed by atoms with van der Waals surface area (Å²) in [6, 6.07) is 11.4. The Morgan fingerprint density at radius 3 is 2.90 bits per heavy atom. The van der Waals surface area contributed by atoms with E-state index in [9.17, 15) is 4.79 Å². The summed E-state index contributed by atoms with van der Waals surface area (Å²) in [5, 5.41) is 5.10. The summed E-state index contributed by atoms with van der Waals surface area (Å²) in [6.07, 6.45) is 3.36. The summed E-state index contributed by atoms with van der Waals surface area (Å²) in [6.45, 7) is 1.98. The monoisotopic (exact) mass is 266 g/mol. The molecule has 0 radical (unpaired) electrons. The van der Waals surface area contributed by atoms with Gasteiger partial charge in [-0.1, -0.05) is 18.2 Å². The number of aromatic amines is 2. The van der Waals surface area contributed by atoms with Crippen molar-refractivity contribution in [3.8, 4) is 0 Å². The number of nitrogens with one attached hydrogen (secondary N) is 3. The van der Waals surface area contributed by atoms with Gasteiger partial charge in [0.2, 0.25) is 0 Å². The number of aromatic nitrogens is 2. The van der Waals surface area contributed by atoms with Crippen molar-refractivity contribution in [2.45, 2.75) is 6.92 Å². The second-order valence-electron chi connectivity index (χ2n) is 4.49. The Morgan fingerprint density at radius 2 is 2.10 bits per heavy atom. The van der Waals surface area contributed by atoms with Crippen LogP contribution in [0, 0.1) is 6.92 Å². The molecule has 0 saturated carbocycles. The van der Waals surface area contributed by atoms with E-state index in [1.807, 2.05) is 31.2 Å². The molecule has 1 amide bonds. The number of amides is 1. The summed E-state index contributed by atoms with van der Waals surface area (Å²) in [5.74, 6) is -0.260. The molecule has 5 heteroatoms. The molecule has 0 aliphatic rings. The Labute approximate surface area is 115 Å². The molecule has 0 atom stereocenters. The first-order chi connectivity index (χ1) is 9.75. The van der Waals surface area contributed by atoms with Crippen molar-refractivity contribution in [3.63, 3.8) is 0 Å². The average molecular weight is 266 g/mol. The summed E-state index contributed by atoms with van der Waals surface area (Å²) in [7, 11) is 0. The zero-order valence-corrected chi connectivity index (χ0v) is 11.0. The molecule has 2 aromatic heterocycles. The molecule has 20 heavy (non-hydrogen) atoms. The first kappa shape index (κ1) is 12.2. The van der Waals surface area contributed by atoms with E-state index in [-0.39, 0.29) is 5.91 Å². The fourth-order valence-corrected chi connectivity index (χ4v) is 2.15. The molecule has 0 bridgehead atoms. The predicted octanol–water partition coefficient (Wildman–Crippen LogP) is 2.57. The number of nitrogens with zero attached hydrogens (tertiary/aromatic N) is 1. The molecule has 0 aliphatic heterocycles. The highest BCUT2D eigenvalue weighted by atomic mass is 16.2. The minimum atomic E-state index is -0.260. The number of hydrogen-bond donors (Lipinski definition) is 3. The molecule has 3 aromatic rings. The van der Waals surface area contributed by atoms with Gasteiger partial charge in [-0.2, -0.15) is 5.10 Å². The Hall–Kier alpha value is -2.82. The van der Waals surface area contributed by atoms with Crippen LogP contribution in [0.15, 0.2) is 47.7 Å². The van der Waals surface area contributed by atoms with Gasteiger partial charge in [-0.25, -0.2) is 5.43 Å². The third kappa shape index (κ3) is 2.21. The lowest BCUT2D eigenvalue weighted by Crippen LogP contribution is -2.17. The van der Waals surface area contributed by atoms with E-state index >= 15 is 0 Å². The van der Waals surface area contributed by atoms with Gasteiger partial charge in [0.25, 0.3) is 5.91 Å². The lowest BCUT2D eigenvalue weighted by atomic mass is 10.1. The SMILES string of the molecule is Cc1[nH]c2ccccc2c1/C=N/NC(=O)c1ccc[nH]1. The maximum Gasteiger partial charge on any atom is 0.287 e. The van der Waals surface area contributed by atoms with Gasteiger partial charge in [-0.05, 0) is 25.1 Å². The number of benzene rings is 1. The van der Waals surface area contributed by atoms with Crippen molar-refractivity contribution in [3.05, 3.63) is 59.5 Å². The van der Waals surface area contributed by atoms with E-state index in [1.54, 1.807) is 24.5 Å². The fourth-order valence-electron chi connectivity index (χ4n) is 2.15. The molecule has 0 saturated heterocycles. The van der Waals surface area contributed by atoms with E-state index in [4.69, 9.17) is 0 Å². The number of hydrazone groups is 1. The zero-order chi connectivity index (χ0) is 13.9. The summed E-state index contributed by atoms with van der Waals surface area (Å²) >= 11 is 0. The van der Waals surface area contributed by atoms with Crippen LogP contribution >= 0.6 is 0 Å². The normalized spacial score (nSPS) is 11.2. The molecule has 3 N–H and O–H groups in total. The van der Waals surface area contributed by atoms with Crippen LogP contribution in [0.5, 0.6) is 0 Å². The van der Waals surface area contributed by atoms with Crippen LogP contribution in [0.25, 0.3) is 10.9 Å². The fraction of sp³-hybridized carbons (Fsp3) is 0.0667. The van der Waals surface area contributed by atoms with Crippen molar-refractivity contribution < 1.29 is 4.79 Å². The number of carbonyl (C=O) groups is 1. The third-order valence-electron chi connectivity index (χ3n) is 3.15. The van der Waals surface area contributed by atoms with Gasteiger partial charge in [0.15, 0.2) is 0 Å². The maximum absolute atomic E-state index is 11.7. The van der Waals surface area contributed by atoms with Gasteiger partial charge in [-0.15, -0.1) is 0 Å². The van der Waals surface area contributed by atoms with Crippen LogP contribution in [-0.4, -0.2) is 22.1 Å². The largest absolute Gasteiger partial charge is 0.358 e. The highest BCUT2D eigenvalue weighted by Gasteiger charge is 2.06. The van der Waals surface area contributed by atoms with Crippen molar-refractivity contribution in [1.82, 2.24) is 15.4 Å². The van der Waals surface area contributed by atoms with Crippen molar-refractivity contribution in [1.29, 1.82) is 0 Å². The first-order valence-electron chi connectivity index (χ1n) is 6.30. The number of carbonyl (C=O) groups excluding carboxylic acids is 1. The standard InChI is InChI=1S/C15H14N4O/c1-10-12(11-5-2-3-6-13(11)18-10)9-17-19-15(20)14-7-4-8-16-14/h2-9,16,18H,1H3,(H,19,20)/b17-9+. The molecule has 0 fully saturated rings. The molecule has 100 valence electrons. The van der Waals surface area contributed by atoms with Gasteiger partial charge in [0.1, 0.15) is 5.69 Å². The van der Waals surface area contributed by atoms with Crippen molar-refractivity contribution in [2.75, 3.05) is 0 Å². The molecule has 0 unspecified atom stereocenters. The average Bonchev–Trinajstić information content (AvgIpc) is 3.07. The van der Waals surface area contributed by atoms with E-state index in [1.165, 1.54) is 0 Å². The minimum absolute atomic E-state index is 0.260. The second-order valence-corrected chi connectivity index (χ2v) is 4.49. The minimum Gasteiger partial charge on any atom is -0.358 e. The van der Waals surface area contributed by atoms with Gasteiger partial charge < -0.3 is 9.97 Å². The number of para-hydroxylation sites is 1. The van der Waals surface area contributed by atoms with Gasteiger partial charge >= 0.3 is 0 Å². The van der Waals surface area contributed by atoms with Crippen LogP contribution in [0.2, 0.25) is 0 Å². The predicted molar refractivity (Wildman–Crippen MR) is 78.9 cm³/mol. The van der Waals surface area contributed by atoms with E-state index < -0.39 is 0 Å². The number of fused-ring (bicyclic) bond motifs is 1. The van der Waals surface area contributed by atoms with Crippen LogP contribution in [0.1, 0.15) is 21.7 Å². The molecule has 1 aromatic carbocycles. The van der Waals surface area contributed by atoms with E-state index in [0.29, 0.717) is 5.69 Å². The molecule has 5 nitrogen and oxygen atoms in total. The molecule has 2 heterocycles. The quantitative estimate of drug-likeness (QED) is 0.494. The lowest BCUT2D eigenvalue weighted by Gasteiger charge is -1.96. The topological polar surface area (TPSA) is 73.0 Å². The maximum atomic E-state index is 11.7. The lowest BCUT2D eigenvalue weighted by molar-refractivity contribution is 0.0951. The number of H-pyrrole nitrogens is 2. The highest BCUT2D eigenvalue weighted by Crippen LogP contribution is 2.19. The zero-order valence-electron chi connectivity index (χ0n) is 11.0. The highest BCUT2D eigenvalue weighted by molar-refractivity contribution is 6.01. The van der Waals surface area contributed by atoms with Crippen LogP contribution in [0.3, 0.4) is 0 Å². The number of hydrogen-bond acceptors (Lipinski definition) is 2. The number of rotatable bonds is 3. The van der Waals surface area contributed by atoms with Crippen molar-refractivity contribution in [2.24, 2.45) is 5.10 Å². The van der Waals surface area contributed by atoms with Crippen LogP contribution < -0.4 is 5.43 Å². The molecular weight excluding hydrogens is 252 g/mol. The Bertz CT molecular complexity index is 768. The first-order valence-corrected chi connectivity index (χ1v) is 6.30. The van der Waals surface area contributed by atoms with E-state index in [0.717, 1.165) is 22.2 Å². The summed E-state index contributed by atoms with van der Waals surface area (Å²) < 4.78 is 0. The summed E-state index contributed by atoms with van der Waals surface area (Å²) in [5.41, 5.74) is 6.04. The Morgan fingerprint density at radius 1 is 1.25 bits per heavy atom. The van der Waals surface area contributed by atoms with Gasteiger partial charge in [-0.3, -0.25) is 4.79 Å².